The third-order valence-electron chi connectivity index (χ3n) is 3.34. The van der Waals surface area contributed by atoms with Gasteiger partial charge in [0.25, 0.3) is 5.76 Å². The molecule has 26 heavy (non-hydrogen) atoms. The zero-order valence-corrected chi connectivity index (χ0v) is 15.2. The van der Waals surface area contributed by atoms with Crippen LogP contribution in [0, 0.1) is 11.3 Å². The van der Waals surface area contributed by atoms with Crippen LogP contribution in [-0.2, 0) is 0 Å². The first-order chi connectivity index (χ1) is 12.6. The molecule has 0 aliphatic heterocycles. The van der Waals surface area contributed by atoms with Crippen molar-refractivity contribution in [3.63, 3.8) is 0 Å². The maximum absolute atomic E-state index is 12.5. The van der Waals surface area contributed by atoms with Crippen LogP contribution in [0.4, 0.5) is 8.78 Å². The van der Waals surface area contributed by atoms with E-state index in [1.54, 1.807) is 54.2 Å². The van der Waals surface area contributed by atoms with E-state index < -0.39 is 5.76 Å². The summed E-state index contributed by atoms with van der Waals surface area (Å²) in [5.41, 5.74) is 1.49. The molecule has 0 radical (unpaired) electrons. The summed E-state index contributed by atoms with van der Waals surface area (Å²) in [5, 5.41) is 17.8. The van der Waals surface area contributed by atoms with Crippen molar-refractivity contribution in [3.8, 4) is 23.1 Å². The molecule has 132 valence electrons. The molecule has 0 amide bonds. The molecule has 0 saturated heterocycles. The SMILES string of the molecule is C[C@H](C#N)Sc1nnc(-c2cccnc2)n1-c1ccc(SC(F)F)cc1. The van der Waals surface area contributed by atoms with Gasteiger partial charge in [0.15, 0.2) is 11.0 Å². The standard InChI is InChI=1S/C17H13F2N5S2/c1-11(9-20)25-17-23-22-15(12-3-2-8-21-10-12)24(17)13-4-6-14(7-5-13)26-16(18)19/h2-8,10-11,16H,1H3/t11-/m1/s1. The summed E-state index contributed by atoms with van der Waals surface area (Å²) >= 11 is 1.77. The molecule has 0 unspecified atom stereocenters. The van der Waals surface area contributed by atoms with Crippen molar-refractivity contribution < 1.29 is 8.78 Å². The number of hydrogen-bond acceptors (Lipinski definition) is 6. The van der Waals surface area contributed by atoms with E-state index in [4.69, 9.17) is 5.26 Å². The first kappa shape index (κ1) is 18.4. The number of halogens is 2. The Morgan fingerprint density at radius 2 is 1.88 bits per heavy atom. The highest BCUT2D eigenvalue weighted by molar-refractivity contribution is 8.00. The summed E-state index contributed by atoms with van der Waals surface area (Å²) in [5.74, 6) is -1.90. The molecule has 1 aromatic carbocycles. The van der Waals surface area contributed by atoms with Gasteiger partial charge in [-0.2, -0.15) is 14.0 Å². The Balaban J connectivity index is 2.05. The van der Waals surface area contributed by atoms with Crippen molar-refractivity contribution in [3.05, 3.63) is 48.8 Å². The van der Waals surface area contributed by atoms with Gasteiger partial charge < -0.3 is 0 Å². The molecule has 2 heterocycles. The predicted octanol–water partition coefficient (Wildman–Crippen LogP) is 4.65. The maximum atomic E-state index is 12.5. The van der Waals surface area contributed by atoms with Crippen LogP contribution in [0.5, 0.6) is 0 Å². The van der Waals surface area contributed by atoms with Crippen molar-refractivity contribution in [2.24, 2.45) is 0 Å². The van der Waals surface area contributed by atoms with Gasteiger partial charge in [-0.1, -0.05) is 23.5 Å². The fraction of sp³-hybridized carbons (Fsp3) is 0.176. The Bertz CT molecular complexity index is 907. The number of thioether (sulfide) groups is 2. The van der Waals surface area contributed by atoms with Gasteiger partial charge in [0.05, 0.1) is 11.3 Å². The van der Waals surface area contributed by atoms with E-state index >= 15 is 0 Å². The fourth-order valence-corrected chi connectivity index (χ4v) is 3.48. The Hall–Kier alpha value is -2.44. The average Bonchev–Trinajstić information content (AvgIpc) is 3.06. The first-order valence-corrected chi connectivity index (χ1v) is 9.31. The molecule has 0 saturated carbocycles. The van der Waals surface area contributed by atoms with E-state index in [0.717, 1.165) is 11.3 Å². The minimum absolute atomic E-state index is 0.312. The summed E-state index contributed by atoms with van der Waals surface area (Å²) < 4.78 is 26.8. The Labute approximate surface area is 157 Å². The third-order valence-corrected chi connectivity index (χ3v) is 4.99. The van der Waals surface area contributed by atoms with Crippen LogP contribution in [0.15, 0.2) is 58.8 Å². The number of nitrogens with zero attached hydrogens (tertiary/aromatic N) is 5. The summed E-state index contributed by atoms with van der Waals surface area (Å²) in [6.45, 7) is 1.77. The Morgan fingerprint density at radius 1 is 1.12 bits per heavy atom. The van der Waals surface area contributed by atoms with Gasteiger partial charge >= 0.3 is 0 Å². The molecule has 0 bridgehead atoms. The summed E-state index contributed by atoms with van der Waals surface area (Å²) in [7, 11) is 0. The van der Waals surface area contributed by atoms with Crippen molar-refractivity contribution in [1.29, 1.82) is 5.26 Å². The summed E-state index contributed by atoms with van der Waals surface area (Å²) in [4.78, 5) is 4.57. The smallest absolute Gasteiger partial charge is 0.270 e. The molecule has 0 fully saturated rings. The van der Waals surface area contributed by atoms with Crippen LogP contribution in [0.3, 0.4) is 0 Å². The third kappa shape index (κ3) is 4.20. The van der Waals surface area contributed by atoms with Crippen molar-refractivity contribution >= 4 is 23.5 Å². The molecular weight excluding hydrogens is 376 g/mol. The van der Waals surface area contributed by atoms with Gasteiger partial charge in [0.1, 0.15) is 0 Å². The second kappa shape index (κ2) is 8.29. The van der Waals surface area contributed by atoms with Crippen LogP contribution >= 0.6 is 23.5 Å². The van der Waals surface area contributed by atoms with Crippen LogP contribution in [0.25, 0.3) is 17.1 Å². The number of benzene rings is 1. The lowest BCUT2D eigenvalue weighted by Crippen LogP contribution is -2.02. The number of rotatable bonds is 6. The Kier molecular flexibility index (Phi) is 5.85. The second-order valence-corrected chi connectivity index (χ2v) is 7.52. The minimum Gasteiger partial charge on any atom is -0.270 e. The molecule has 0 spiro atoms. The first-order valence-electron chi connectivity index (χ1n) is 7.56. The molecule has 5 nitrogen and oxygen atoms in total. The number of aromatic nitrogens is 4. The number of pyridine rings is 1. The molecule has 2 aromatic heterocycles. The molecule has 1 atom stereocenters. The van der Waals surface area contributed by atoms with Crippen LogP contribution in [0.1, 0.15) is 6.92 Å². The van der Waals surface area contributed by atoms with E-state index in [0.29, 0.717) is 27.6 Å². The molecule has 0 aliphatic rings. The summed E-state index contributed by atoms with van der Waals surface area (Å²) in [6.07, 6.45) is 3.33. The lowest BCUT2D eigenvalue weighted by molar-refractivity contribution is 0.252. The van der Waals surface area contributed by atoms with E-state index in [1.807, 2.05) is 6.07 Å². The van der Waals surface area contributed by atoms with Crippen molar-refractivity contribution in [2.45, 2.75) is 28.0 Å². The highest BCUT2D eigenvalue weighted by Gasteiger charge is 2.18. The Morgan fingerprint density at radius 3 is 2.50 bits per heavy atom. The number of hydrogen-bond donors (Lipinski definition) is 0. The van der Waals surface area contributed by atoms with Gasteiger partial charge in [-0.3, -0.25) is 9.55 Å². The van der Waals surface area contributed by atoms with Gasteiger partial charge in [-0.15, -0.1) is 10.2 Å². The number of alkyl halides is 2. The van der Waals surface area contributed by atoms with Crippen LogP contribution in [0.2, 0.25) is 0 Å². The van der Waals surface area contributed by atoms with E-state index in [9.17, 15) is 8.78 Å². The topological polar surface area (TPSA) is 67.4 Å². The normalized spacial score (nSPS) is 12.1. The van der Waals surface area contributed by atoms with E-state index in [1.165, 1.54) is 11.8 Å². The van der Waals surface area contributed by atoms with Crippen molar-refractivity contribution in [2.75, 3.05) is 0 Å². The van der Waals surface area contributed by atoms with E-state index in [2.05, 4.69) is 21.3 Å². The zero-order chi connectivity index (χ0) is 18.5. The van der Waals surface area contributed by atoms with Gasteiger partial charge in [0, 0.05) is 28.5 Å². The van der Waals surface area contributed by atoms with Gasteiger partial charge in [-0.05, 0) is 43.3 Å². The quantitative estimate of drug-likeness (QED) is 0.572. The average molecular weight is 389 g/mol. The largest absolute Gasteiger partial charge is 0.288 e. The highest BCUT2D eigenvalue weighted by Crippen LogP contribution is 2.31. The van der Waals surface area contributed by atoms with Gasteiger partial charge in [-0.25, -0.2) is 0 Å². The van der Waals surface area contributed by atoms with E-state index in [-0.39, 0.29) is 5.25 Å². The summed E-state index contributed by atoms with van der Waals surface area (Å²) in [6, 6.07) is 12.5. The molecular formula is C17H13F2N5S2. The second-order valence-electron chi connectivity index (χ2n) is 5.14. The monoisotopic (exact) mass is 389 g/mol. The van der Waals surface area contributed by atoms with Crippen molar-refractivity contribution in [1.82, 2.24) is 19.7 Å². The zero-order valence-electron chi connectivity index (χ0n) is 13.6. The lowest BCUT2D eigenvalue weighted by atomic mass is 10.2. The van der Waals surface area contributed by atoms with Crippen LogP contribution < -0.4 is 0 Å². The number of nitriles is 1. The molecule has 3 rings (SSSR count). The minimum atomic E-state index is -2.47. The molecule has 0 N–H and O–H groups in total. The van der Waals surface area contributed by atoms with Crippen LogP contribution in [-0.4, -0.2) is 30.8 Å². The fourth-order valence-electron chi connectivity index (χ4n) is 2.22. The molecule has 0 aliphatic carbocycles. The lowest BCUT2D eigenvalue weighted by Gasteiger charge is -2.11. The van der Waals surface area contributed by atoms with Gasteiger partial charge in [0.2, 0.25) is 0 Å². The predicted molar refractivity (Wildman–Crippen MR) is 97.4 cm³/mol. The maximum Gasteiger partial charge on any atom is 0.288 e. The molecule has 3 aromatic rings. The highest BCUT2D eigenvalue weighted by atomic mass is 32.2. The molecule has 9 heteroatoms.